The van der Waals surface area contributed by atoms with Crippen molar-refractivity contribution in [1.29, 1.82) is 0 Å². The Balaban J connectivity index is 2.19. The van der Waals surface area contributed by atoms with Crippen LogP contribution in [0, 0.1) is 12.7 Å². The molecule has 0 atom stereocenters. The van der Waals surface area contributed by atoms with Crippen LogP contribution in [0.4, 0.5) is 4.39 Å². The van der Waals surface area contributed by atoms with Gasteiger partial charge in [-0.1, -0.05) is 12.1 Å². The lowest BCUT2D eigenvalue weighted by Crippen LogP contribution is -2.12. The number of carbonyl (C=O) groups is 1. The van der Waals surface area contributed by atoms with E-state index in [0.29, 0.717) is 17.8 Å². The number of primary amides is 1. The Kier molecular flexibility index (Phi) is 2.86. The van der Waals surface area contributed by atoms with E-state index in [1.165, 1.54) is 6.07 Å². The maximum absolute atomic E-state index is 13.1. The molecule has 0 unspecified atom stereocenters. The summed E-state index contributed by atoms with van der Waals surface area (Å²) in [5, 5.41) is 7.38. The molecule has 0 saturated heterocycles. The van der Waals surface area contributed by atoms with Gasteiger partial charge in [-0.05, 0) is 24.1 Å². The number of benzene rings is 1. The lowest BCUT2D eigenvalue weighted by Gasteiger charge is -2.00. The summed E-state index contributed by atoms with van der Waals surface area (Å²) in [6.45, 7) is 1.69. The van der Waals surface area contributed by atoms with Crippen LogP contribution in [0.25, 0.3) is 0 Å². The fraction of sp³-hybridized carbons (Fsp3) is 0.182. The molecule has 2 rings (SSSR count). The normalized spacial score (nSPS) is 10.5. The van der Waals surface area contributed by atoms with Gasteiger partial charge in [-0.15, -0.1) is 10.2 Å². The van der Waals surface area contributed by atoms with Crippen molar-refractivity contribution >= 4 is 5.91 Å². The average molecular weight is 234 g/mol. The molecule has 0 aliphatic carbocycles. The van der Waals surface area contributed by atoms with Gasteiger partial charge < -0.3 is 10.7 Å². The van der Waals surface area contributed by atoms with Crippen molar-refractivity contribution in [2.75, 3.05) is 0 Å². The standard InChI is InChI=1S/C11H11FN4O/c1-6-4-7(2-3-8(6)12)5-9-14-11(10(13)17)16-15-9/h2-4H,5H2,1H3,(H2,13,17)(H,14,15,16). The molecule has 0 radical (unpaired) electrons. The number of aromatic nitrogens is 3. The van der Waals surface area contributed by atoms with Crippen LogP contribution in [0.15, 0.2) is 18.2 Å². The van der Waals surface area contributed by atoms with Crippen molar-refractivity contribution in [3.05, 3.63) is 46.8 Å². The summed E-state index contributed by atoms with van der Waals surface area (Å²) in [5.41, 5.74) is 6.49. The second-order valence-corrected chi connectivity index (χ2v) is 3.74. The molecular weight excluding hydrogens is 223 g/mol. The van der Waals surface area contributed by atoms with Crippen molar-refractivity contribution in [2.45, 2.75) is 13.3 Å². The molecule has 1 amide bonds. The molecule has 1 heterocycles. The predicted molar refractivity (Wildman–Crippen MR) is 58.8 cm³/mol. The number of rotatable bonds is 3. The van der Waals surface area contributed by atoms with E-state index < -0.39 is 5.91 Å². The van der Waals surface area contributed by atoms with Gasteiger partial charge >= 0.3 is 0 Å². The van der Waals surface area contributed by atoms with Gasteiger partial charge in [0.1, 0.15) is 11.6 Å². The molecule has 0 bridgehead atoms. The maximum Gasteiger partial charge on any atom is 0.286 e. The van der Waals surface area contributed by atoms with E-state index in [4.69, 9.17) is 5.73 Å². The minimum Gasteiger partial charge on any atom is -0.363 e. The van der Waals surface area contributed by atoms with E-state index >= 15 is 0 Å². The highest BCUT2D eigenvalue weighted by Gasteiger charge is 2.08. The predicted octanol–water partition coefficient (Wildman–Crippen LogP) is 0.942. The summed E-state index contributed by atoms with van der Waals surface area (Å²) in [6.07, 6.45) is 0.446. The van der Waals surface area contributed by atoms with E-state index in [0.717, 1.165) is 5.56 Å². The maximum atomic E-state index is 13.1. The number of aromatic amines is 1. The van der Waals surface area contributed by atoms with Crippen LogP contribution in [0.2, 0.25) is 0 Å². The first-order valence-corrected chi connectivity index (χ1v) is 5.02. The monoisotopic (exact) mass is 234 g/mol. The van der Waals surface area contributed by atoms with Crippen LogP contribution in [0.1, 0.15) is 27.6 Å². The fourth-order valence-electron chi connectivity index (χ4n) is 1.50. The zero-order valence-corrected chi connectivity index (χ0v) is 9.20. The van der Waals surface area contributed by atoms with Crippen LogP contribution >= 0.6 is 0 Å². The van der Waals surface area contributed by atoms with Crippen molar-refractivity contribution in [3.63, 3.8) is 0 Å². The van der Waals surface area contributed by atoms with Crippen LogP contribution in [-0.4, -0.2) is 21.1 Å². The molecule has 0 fully saturated rings. The Morgan fingerprint density at radius 1 is 1.47 bits per heavy atom. The third-order valence-electron chi connectivity index (χ3n) is 2.36. The van der Waals surface area contributed by atoms with E-state index in [2.05, 4.69) is 15.2 Å². The van der Waals surface area contributed by atoms with E-state index in [1.54, 1.807) is 19.1 Å². The zero-order chi connectivity index (χ0) is 12.4. The van der Waals surface area contributed by atoms with Crippen LogP contribution in [0.5, 0.6) is 0 Å². The third kappa shape index (κ3) is 2.47. The van der Waals surface area contributed by atoms with Crippen molar-refractivity contribution in [1.82, 2.24) is 15.2 Å². The highest BCUT2D eigenvalue weighted by molar-refractivity contribution is 5.88. The average Bonchev–Trinajstić information content (AvgIpc) is 2.72. The van der Waals surface area contributed by atoms with Gasteiger partial charge in [0.25, 0.3) is 5.91 Å². The minimum absolute atomic E-state index is 0.0267. The van der Waals surface area contributed by atoms with Crippen LogP contribution < -0.4 is 5.73 Å². The summed E-state index contributed by atoms with van der Waals surface area (Å²) in [6, 6.07) is 4.78. The van der Waals surface area contributed by atoms with Gasteiger partial charge in [0.05, 0.1) is 0 Å². The number of nitrogens with two attached hydrogens (primary N) is 1. The summed E-state index contributed by atoms with van der Waals surface area (Å²) in [5.74, 6) is -0.355. The summed E-state index contributed by atoms with van der Waals surface area (Å²) in [4.78, 5) is 13.5. The van der Waals surface area contributed by atoms with Gasteiger partial charge in [0.15, 0.2) is 0 Å². The number of nitrogens with zero attached hydrogens (tertiary/aromatic N) is 2. The zero-order valence-electron chi connectivity index (χ0n) is 9.20. The summed E-state index contributed by atoms with van der Waals surface area (Å²) < 4.78 is 13.1. The van der Waals surface area contributed by atoms with E-state index in [-0.39, 0.29) is 11.6 Å². The Morgan fingerprint density at radius 2 is 2.24 bits per heavy atom. The molecule has 3 N–H and O–H groups in total. The molecule has 6 heteroatoms. The lowest BCUT2D eigenvalue weighted by molar-refractivity contribution is 0.0991. The Morgan fingerprint density at radius 3 is 2.82 bits per heavy atom. The highest BCUT2D eigenvalue weighted by Crippen LogP contribution is 2.11. The van der Waals surface area contributed by atoms with Crippen LogP contribution in [-0.2, 0) is 6.42 Å². The van der Waals surface area contributed by atoms with Crippen molar-refractivity contribution < 1.29 is 9.18 Å². The number of hydrogen-bond donors (Lipinski definition) is 2. The number of hydrogen-bond acceptors (Lipinski definition) is 3. The molecule has 0 saturated carbocycles. The first-order chi connectivity index (χ1) is 8.06. The van der Waals surface area contributed by atoms with Crippen molar-refractivity contribution in [2.24, 2.45) is 5.73 Å². The topological polar surface area (TPSA) is 84.7 Å². The third-order valence-corrected chi connectivity index (χ3v) is 2.36. The van der Waals surface area contributed by atoms with Crippen LogP contribution in [0.3, 0.4) is 0 Å². The minimum atomic E-state index is -0.654. The lowest BCUT2D eigenvalue weighted by atomic mass is 10.1. The number of halogens is 1. The molecule has 0 aliphatic rings. The first-order valence-electron chi connectivity index (χ1n) is 5.02. The number of H-pyrrole nitrogens is 1. The van der Waals surface area contributed by atoms with Crippen molar-refractivity contribution in [3.8, 4) is 0 Å². The molecule has 1 aromatic carbocycles. The summed E-state index contributed by atoms with van der Waals surface area (Å²) in [7, 11) is 0. The molecular formula is C11H11FN4O. The largest absolute Gasteiger partial charge is 0.363 e. The Labute approximate surface area is 96.9 Å². The SMILES string of the molecule is Cc1cc(Cc2nnc(C(N)=O)[nH]2)ccc1F. The van der Waals surface area contributed by atoms with Gasteiger partial charge in [0, 0.05) is 6.42 Å². The van der Waals surface area contributed by atoms with Gasteiger partial charge in [0.2, 0.25) is 5.82 Å². The first kappa shape index (κ1) is 11.3. The molecule has 88 valence electrons. The molecule has 0 aliphatic heterocycles. The van der Waals surface area contributed by atoms with E-state index in [1.807, 2.05) is 0 Å². The molecule has 5 nitrogen and oxygen atoms in total. The quantitative estimate of drug-likeness (QED) is 0.828. The van der Waals surface area contributed by atoms with Gasteiger partial charge in [-0.2, -0.15) is 0 Å². The highest BCUT2D eigenvalue weighted by atomic mass is 19.1. The second kappa shape index (κ2) is 4.32. The molecule has 0 spiro atoms. The number of aryl methyl sites for hydroxylation is 1. The number of carbonyl (C=O) groups excluding carboxylic acids is 1. The molecule has 17 heavy (non-hydrogen) atoms. The smallest absolute Gasteiger partial charge is 0.286 e. The Hall–Kier alpha value is -2.24. The second-order valence-electron chi connectivity index (χ2n) is 3.74. The molecule has 2 aromatic rings. The number of nitrogens with one attached hydrogen (secondary N) is 1. The molecule has 1 aromatic heterocycles. The van der Waals surface area contributed by atoms with Gasteiger partial charge in [-0.25, -0.2) is 4.39 Å². The Bertz CT molecular complexity index is 564. The summed E-state index contributed by atoms with van der Waals surface area (Å²) >= 11 is 0. The number of amides is 1. The van der Waals surface area contributed by atoms with E-state index in [9.17, 15) is 9.18 Å². The van der Waals surface area contributed by atoms with Gasteiger partial charge in [-0.3, -0.25) is 4.79 Å². The fourth-order valence-corrected chi connectivity index (χ4v) is 1.50.